The zero-order valence-corrected chi connectivity index (χ0v) is 19.6. The van der Waals surface area contributed by atoms with Crippen molar-refractivity contribution in [3.8, 4) is 11.5 Å². The minimum Gasteiger partial charge on any atom is -0.457 e. The lowest BCUT2D eigenvalue weighted by Crippen LogP contribution is -2.13. The Morgan fingerprint density at radius 1 is 1.00 bits per heavy atom. The normalized spacial score (nSPS) is 11.0. The third-order valence-electron chi connectivity index (χ3n) is 5.12. The Kier molecular flexibility index (Phi) is 8.14. The Labute approximate surface area is 203 Å². The minimum absolute atomic E-state index is 0.202. The largest absolute Gasteiger partial charge is 0.457 e. The highest BCUT2D eigenvalue weighted by molar-refractivity contribution is 6.35. The summed E-state index contributed by atoms with van der Waals surface area (Å²) in [5, 5.41) is 4.36. The molecule has 176 valence electrons. The lowest BCUT2D eigenvalue weighted by molar-refractivity contribution is 0.0570. The molecule has 0 amide bonds. The summed E-state index contributed by atoms with van der Waals surface area (Å²) in [6.07, 6.45) is 3.35. The van der Waals surface area contributed by atoms with Gasteiger partial charge in [0.1, 0.15) is 17.1 Å². The zero-order valence-electron chi connectivity index (χ0n) is 18.8. The second-order valence-corrected chi connectivity index (χ2v) is 7.81. The van der Waals surface area contributed by atoms with Gasteiger partial charge in [0.15, 0.2) is 5.78 Å². The van der Waals surface area contributed by atoms with Gasteiger partial charge in [-0.1, -0.05) is 29.8 Å². The van der Waals surface area contributed by atoms with Crippen LogP contribution in [0, 0.1) is 0 Å². The molecule has 0 unspecified atom stereocenters. The average Bonchev–Trinajstić information content (AvgIpc) is 3.29. The second-order valence-electron chi connectivity index (χ2n) is 7.41. The molecular weight excluding hydrogens is 454 g/mol. The number of ether oxygens (including phenoxy) is 3. The monoisotopic (exact) mass is 479 g/mol. The van der Waals surface area contributed by atoms with Crippen molar-refractivity contribution in [2.24, 2.45) is 0 Å². The van der Waals surface area contributed by atoms with Crippen molar-refractivity contribution in [1.29, 1.82) is 0 Å². The summed E-state index contributed by atoms with van der Waals surface area (Å²) in [4.78, 5) is 20.8. The molecule has 0 aliphatic heterocycles. The number of nitrogens with one attached hydrogen (secondary N) is 2. The highest BCUT2D eigenvalue weighted by Crippen LogP contribution is 2.31. The van der Waals surface area contributed by atoms with Crippen LogP contribution in [0.5, 0.6) is 11.5 Å². The van der Waals surface area contributed by atoms with E-state index >= 15 is 0 Å². The number of aromatic nitrogens is 2. The SMILES string of the molecule is CCOCCOCCNc1ccnc2[nH]cc(C(=O)c3ccc(Oc4ccccc4)cc3Cl)c12. The summed E-state index contributed by atoms with van der Waals surface area (Å²) in [6, 6.07) is 16.3. The number of anilines is 1. The van der Waals surface area contributed by atoms with Gasteiger partial charge < -0.3 is 24.5 Å². The van der Waals surface area contributed by atoms with E-state index in [0.29, 0.717) is 71.7 Å². The van der Waals surface area contributed by atoms with Gasteiger partial charge in [0.25, 0.3) is 0 Å². The number of hydrogen-bond acceptors (Lipinski definition) is 6. The first-order valence-electron chi connectivity index (χ1n) is 11.1. The fourth-order valence-corrected chi connectivity index (χ4v) is 3.77. The van der Waals surface area contributed by atoms with Gasteiger partial charge >= 0.3 is 0 Å². The molecule has 2 N–H and O–H groups in total. The summed E-state index contributed by atoms with van der Waals surface area (Å²) in [5.41, 5.74) is 2.28. The van der Waals surface area contributed by atoms with Crippen molar-refractivity contribution in [2.75, 3.05) is 38.3 Å². The van der Waals surface area contributed by atoms with Crippen LogP contribution in [0.2, 0.25) is 5.02 Å². The van der Waals surface area contributed by atoms with E-state index in [9.17, 15) is 4.79 Å². The van der Waals surface area contributed by atoms with Crippen molar-refractivity contribution in [1.82, 2.24) is 9.97 Å². The molecule has 0 atom stereocenters. The van der Waals surface area contributed by atoms with Gasteiger partial charge in [-0.25, -0.2) is 4.98 Å². The number of carbonyl (C=O) groups excluding carboxylic acids is 1. The van der Waals surface area contributed by atoms with Crippen LogP contribution >= 0.6 is 11.6 Å². The highest BCUT2D eigenvalue weighted by Gasteiger charge is 2.20. The smallest absolute Gasteiger partial charge is 0.196 e. The number of benzene rings is 2. The first-order chi connectivity index (χ1) is 16.7. The topological polar surface area (TPSA) is 85.5 Å². The Hall–Kier alpha value is -3.39. The summed E-state index contributed by atoms with van der Waals surface area (Å²) in [6.45, 7) is 4.83. The van der Waals surface area contributed by atoms with Gasteiger partial charge in [0.05, 0.1) is 35.8 Å². The van der Waals surface area contributed by atoms with Crippen LogP contribution in [0.1, 0.15) is 22.8 Å². The molecule has 2 aromatic heterocycles. The predicted octanol–water partition coefficient (Wildman–Crippen LogP) is 5.70. The van der Waals surface area contributed by atoms with Gasteiger partial charge in [-0.3, -0.25) is 4.79 Å². The van der Waals surface area contributed by atoms with Crippen molar-refractivity contribution in [3.05, 3.63) is 83.1 Å². The molecule has 0 bridgehead atoms. The summed E-state index contributed by atoms with van der Waals surface area (Å²) in [5.74, 6) is 1.05. The average molecular weight is 480 g/mol. The molecule has 0 aliphatic rings. The molecule has 7 nitrogen and oxygen atoms in total. The van der Waals surface area contributed by atoms with E-state index in [0.717, 1.165) is 5.69 Å². The Balaban J connectivity index is 1.49. The Morgan fingerprint density at radius 3 is 2.62 bits per heavy atom. The molecule has 2 aromatic carbocycles. The Bertz CT molecular complexity index is 1240. The van der Waals surface area contributed by atoms with Crippen LogP contribution < -0.4 is 10.1 Å². The first kappa shape index (κ1) is 23.8. The maximum absolute atomic E-state index is 13.4. The number of ketones is 1. The molecule has 0 radical (unpaired) electrons. The third-order valence-corrected chi connectivity index (χ3v) is 5.43. The van der Waals surface area contributed by atoms with E-state index in [2.05, 4.69) is 15.3 Å². The zero-order chi connectivity index (χ0) is 23.8. The molecule has 4 aromatic rings. The number of carbonyl (C=O) groups is 1. The second kappa shape index (κ2) is 11.7. The van der Waals surface area contributed by atoms with Gasteiger partial charge in [-0.15, -0.1) is 0 Å². The molecule has 34 heavy (non-hydrogen) atoms. The van der Waals surface area contributed by atoms with E-state index in [1.165, 1.54) is 0 Å². The summed E-state index contributed by atoms with van der Waals surface area (Å²) >= 11 is 6.48. The molecule has 8 heteroatoms. The van der Waals surface area contributed by atoms with Crippen LogP contribution in [0.4, 0.5) is 5.69 Å². The van der Waals surface area contributed by atoms with Crippen molar-refractivity contribution >= 4 is 34.1 Å². The molecule has 0 spiro atoms. The van der Waals surface area contributed by atoms with Crippen LogP contribution in [0.15, 0.2) is 67.0 Å². The standard InChI is InChI=1S/C26H26ClN3O4/c1-2-32-14-15-33-13-12-28-23-10-11-29-26-24(23)21(17-30-26)25(31)20-9-8-19(16-22(20)27)34-18-6-4-3-5-7-18/h3-11,16-17H,2,12-15H2,1H3,(H2,28,29,30). The van der Waals surface area contributed by atoms with E-state index in [-0.39, 0.29) is 5.78 Å². The van der Waals surface area contributed by atoms with Crippen LogP contribution in [0.25, 0.3) is 11.0 Å². The van der Waals surface area contributed by atoms with Crippen molar-refractivity contribution in [2.45, 2.75) is 6.92 Å². The molecular formula is C26H26ClN3O4. The number of nitrogens with zero attached hydrogens (tertiary/aromatic N) is 1. The number of pyridine rings is 1. The first-order valence-corrected chi connectivity index (χ1v) is 11.5. The number of fused-ring (bicyclic) bond motifs is 1. The summed E-state index contributed by atoms with van der Waals surface area (Å²) < 4.78 is 16.6. The fraction of sp³-hybridized carbons (Fsp3) is 0.231. The molecule has 0 fully saturated rings. The lowest BCUT2D eigenvalue weighted by atomic mass is 10.0. The number of rotatable bonds is 12. The van der Waals surface area contributed by atoms with E-state index in [1.54, 1.807) is 30.6 Å². The summed E-state index contributed by atoms with van der Waals surface area (Å²) in [7, 11) is 0. The molecule has 2 heterocycles. The minimum atomic E-state index is -0.202. The maximum atomic E-state index is 13.4. The van der Waals surface area contributed by atoms with Gasteiger partial charge in [0.2, 0.25) is 0 Å². The quantitative estimate of drug-likeness (QED) is 0.200. The van der Waals surface area contributed by atoms with Crippen molar-refractivity contribution in [3.63, 3.8) is 0 Å². The van der Waals surface area contributed by atoms with Gasteiger partial charge in [-0.2, -0.15) is 0 Å². The molecule has 0 saturated heterocycles. The van der Waals surface area contributed by atoms with Crippen molar-refractivity contribution < 1.29 is 19.0 Å². The predicted molar refractivity (Wildman–Crippen MR) is 133 cm³/mol. The van der Waals surface area contributed by atoms with E-state index in [4.69, 9.17) is 25.8 Å². The number of para-hydroxylation sites is 1. The van der Waals surface area contributed by atoms with Crippen LogP contribution in [-0.4, -0.2) is 48.7 Å². The molecule has 0 aliphatic carbocycles. The number of hydrogen-bond donors (Lipinski definition) is 2. The van der Waals surface area contributed by atoms with Gasteiger partial charge in [0, 0.05) is 42.9 Å². The van der Waals surface area contributed by atoms with E-state index < -0.39 is 0 Å². The van der Waals surface area contributed by atoms with Gasteiger partial charge in [-0.05, 0) is 37.3 Å². The number of aromatic amines is 1. The van der Waals surface area contributed by atoms with Crippen LogP contribution in [-0.2, 0) is 9.47 Å². The maximum Gasteiger partial charge on any atom is 0.196 e. The van der Waals surface area contributed by atoms with E-state index in [1.807, 2.05) is 43.3 Å². The third kappa shape index (κ3) is 5.75. The lowest BCUT2D eigenvalue weighted by Gasteiger charge is -2.11. The molecule has 0 saturated carbocycles. The Morgan fingerprint density at radius 2 is 1.82 bits per heavy atom. The number of halogens is 1. The van der Waals surface area contributed by atoms with Crippen LogP contribution in [0.3, 0.4) is 0 Å². The highest BCUT2D eigenvalue weighted by atomic mass is 35.5. The number of H-pyrrole nitrogens is 1. The fourth-order valence-electron chi connectivity index (χ4n) is 3.52. The molecule has 4 rings (SSSR count).